The Bertz CT molecular complexity index is 572. The molecule has 1 amide bonds. The Morgan fingerprint density at radius 2 is 1.89 bits per heavy atom. The van der Waals surface area contributed by atoms with Gasteiger partial charge in [0, 0.05) is 12.7 Å². The lowest BCUT2D eigenvalue weighted by atomic mass is 10.2. The second-order valence-corrected chi connectivity index (χ2v) is 6.59. The van der Waals surface area contributed by atoms with E-state index in [0.717, 1.165) is 25.5 Å². The van der Waals surface area contributed by atoms with Crippen molar-refractivity contribution in [1.29, 1.82) is 0 Å². The zero-order valence-electron chi connectivity index (χ0n) is 10.5. The van der Waals surface area contributed by atoms with E-state index in [-0.39, 0.29) is 5.91 Å². The van der Waals surface area contributed by atoms with Crippen LogP contribution in [0.4, 0.5) is 5.69 Å². The zero-order valence-corrected chi connectivity index (χ0v) is 12.9. The molecule has 94 valence electrons. The minimum Gasteiger partial charge on any atom is -0.310 e. The Labute approximate surface area is 119 Å². The number of aryl methyl sites for hydroxylation is 2. The molecule has 0 radical (unpaired) electrons. The number of amides is 1. The molecule has 1 aromatic carbocycles. The normalized spacial score (nSPS) is 10.4. The standard InChI is InChI=1S/C14H14BrNOS/c1-9-6-4-5-7-11(9)16(3)14(17)12-8-10(2)13(15)18-12/h4-8H,1-3H3. The number of benzene rings is 1. The fourth-order valence-electron chi connectivity index (χ4n) is 1.78. The smallest absolute Gasteiger partial charge is 0.268 e. The third-order valence-electron chi connectivity index (χ3n) is 2.85. The van der Waals surface area contributed by atoms with Crippen LogP contribution in [0.5, 0.6) is 0 Å². The molecular weight excluding hydrogens is 310 g/mol. The lowest BCUT2D eigenvalue weighted by Gasteiger charge is -2.18. The fraction of sp³-hybridized carbons (Fsp3) is 0.214. The van der Waals surface area contributed by atoms with Gasteiger partial charge in [0.1, 0.15) is 0 Å². The number of hydrogen-bond acceptors (Lipinski definition) is 2. The first kappa shape index (κ1) is 13.3. The van der Waals surface area contributed by atoms with Crippen LogP contribution in [0.1, 0.15) is 20.8 Å². The first-order chi connectivity index (χ1) is 8.50. The number of rotatable bonds is 2. The van der Waals surface area contributed by atoms with Crippen molar-refractivity contribution in [2.45, 2.75) is 13.8 Å². The van der Waals surface area contributed by atoms with E-state index in [2.05, 4.69) is 15.9 Å². The van der Waals surface area contributed by atoms with Crippen molar-refractivity contribution in [3.63, 3.8) is 0 Å². The third-order valence-corrected chi connectivity index (χ3v) is 4.97. The highest BCUT2D eigenvalue weighted by Crippen LogP contribution is 2.29. The van der Waals surface area contributed by atoms with E-state index in [1.54, 1.807) is 4.90 Å². The summed E-state index contributed by atoms with van der Waals surface area (Å²) in [5, 5.41) is 0. The van der Waals surface area contributed by atoms with Gasteiger partial charge in [-0.15, -0.1) is 11.3 Å². The molecule has 0 saturated heterocycles. The van der Waals surface area contributed by atoms with Crippen LogP contribution in [-0.4, -0.2) is 13.0 Å². The lowest BCUT2D eigenvalue weighted by Crippen LogP contribution is -2.26. The van der Waals surface area contributed by atoms with Gasteiger partial charge in [0.05, 0.1) is 8.66 Å². The third kappa shape index (κ3) is 2.49. The molecular formula is C14H14BrNOS. The number of nitrogens with zero attached hydrogens (tertiary/aromatic N) is 1. The highest BCUT2D eigenvalue weighted by Gasteiger charge is 2.17. The molecule has 0 bridgehead atoms. The van der Waals surface area contributed by atoms with Gasteiger partial charge in [-0.25, -0.2) is 0 Å². The zero-order chi connectivity index (χ0) is 13.3. The Morgan fingerprint density at radius 1 is 1.22 bits per heavy atom. The average molecular weight is 324 g/mol. The summed E-state index contributed by atoms with van der Waals surface area (Å²) in [6.07, 6.45) is 0. The van der Waals surface area contributed by atoms with Crippen molar-refractivity contribution in [3.8, 4) is 0 Å². The highest BCUT2D eigenvalue weighted by atomic mass is 79.9. The van der Waals surface area contributed by atoms with Crippen molar-refractivity contribution in [2.24, 2.45) is 0 Å². The van der Waals surface area contributed by atoms with Gasteiger partial charge >= 0.3 is 0 Å². The number of thiophene rings is 1. The van der Waals surface area contributed by atoms with Gasteiger partial charge in [0.15, 0.2) is 0 Å². The molecule has 2 nitrogen and oxygen atoms in total. The Balaban J connectivity index is 2.32. The van der Waals surface area contributed by atoms with Crippen LogP contribution < -0.4 is 4.90 Å². The van der Waals surface area contributed by atoms with E-state index in [0.29, 0.717) is 0 Å². The van der Waals surface area contributed by atoms with E-state index in [1.165, 1.54) is 11.3 Å². The van der Waals surface area contributed by atoms with E-state index in [4.69, 9.17) is 0 Å². The van der Waals surface area contributed by atoms with Crippen molar-refractivity contribution >= 4 is 38.9 Å². The number of carbonyl (C=O) groups excluding carboxylic acids is 1. The minimum absolute atomic E-state index is 0.0306. The molecule has 1 heterocycles. The molecule has 0 atom stereocenters. The topological polar surface area (TPSA) is 20.3 Å². The maximum Gasteiger partial charge on any atom is 0.268 e. The van der Waals surface area contributed by atoms with Gasteiger partial charge in [-0.3, -0.25) is 4.79 Å². The monoisotopic (exact) mass is 323 g/mol. The predicted octanol–water partition coefficient (Wildman–Crippen LogP) is 4.40. The van der Waals surface area contributed by atoms with Crippen LogP contribution >= 0.6 is 27.3 Å². The molecule has 0 spiro atoms. The molecule has 0 N–H and O–H groups in total. The first-order valence-corrected chi connectivity index (χ1v) is 7.21. The molecule has 1 aromatic heterocycles. The average Bonchev–Trinajstić information content (AvgIpc) is 2.68. The molecule has 2 rings (SSSR count). The molecule has 0 aliphatic carbocycles. The second-order valence-electron chi connectivity index (χ2n) is 4.22. The van der Waals surface area contributed by atoms with Crippen molar-refractivity contribution in [3.05, 3.63) is 50.1 Å². The quantitative estimate of drug-likeness (QED) is 0.801. The van der Waals surface area contributed by atoms with E-state index in [1.807, 2.05) is 51.2 Å². The number of hydrogen-bond donors (Lipinski definition) is 0. The molecule has 0 fully saturated rings. The van der Waals surface area contributed by atoms with Crippen LogP contribution in [0, 0.1) is 13.8 Å². The molecule has 18 heavy (non-hydrogen) atoms. The van der Waals surface area contributed by atoms with Gasteiger partial charge < -0.3 is 4.90 Å². The van der Waals surface area contributed by atoms with Crippen molar-refractivity contribution in [1.82, 2.24) is 0 Å². The van der Waals surface area contributed by atoms with Crippen LogP contribution in [0.3, 0.4) is 0 Å². The number of anilines is 1. The molecule has 0 unspecified atom stereocenters. The Kier molecular flexibility index (Phi) is 3.88. The summed E-state index contributed by atoms with van der Waals surface area (Å²) in [6.45, 7) is 4.00. The first-order valence-electron chi connectivity index (χ1n) is 5.60. The summed E-state index contributed by atoms with van der Waals surface area (Å²) in [7, 11) is 1.81. The minimum atomic E-state index is 0.0306. The fourth-order valence-corrected chi connectivity index (χ4v) is 3.29. The van der Waals surface area contributed by atoms with Crippen molar-refractivity contribution < 1.29 is 4.79 Å². The van der Waals surface area contributed by atoms with Crippen LogP contribution in [0.2, 0.25) is 0 Å². The molecule has 4 heteroatoms. The SMILES string of the molecule is Cc1ccccc1N(C)C(=O)c1cc(C)c(Br)s1. The van der Waals surface area contributed by atoms with Gasteiger partial charge in [0.2, 0.25) is 0 Å². The highest BCUT2D eigenvalue weighted by molar-refractivity contribution is 9.11. The summed E-state index contributed by atoms with van der Waals surface area (Å²) in [5.74, 6) is 0.0306. The van der Waals surface area contributed by atoms with E-state index >= 15 is 0 Å². The summed E-state index contributed by atoms with van der Waals surface area (Å²) in [4.78, 5) is 14.8. The molecule has 0 saturated carbocycles. The van der Waals surface area contributed by atoms with Crippen LogP contribution in [-0.2, 0) is 0 Å². The summed E-state index contributed by atoms with van der Waals surface area (Å²) >= 11 is 4.93. The number of carbonyl (C=O) groups is 1. The maximum absolute atomic E-state index is 12.4. The van der Waals surface area contributed by atoms with Gasteiger partial charge in [-0.1, -0.05) is 18.2 Å². The summed E-state index contributed by atoms with van der Waals surface area (Å²) in [5.41, 5.74) is 3.15. The summed E-state index contributed by atoms with van der Waals surface area (Å²) < 4.78 is 1.02. The maximum atomic E-state index is 12.4. The van der Waals surface area contributed by atoms with Crippen LogP contribution in [0.15, 0.2) is 34.1 Å². The van der Waals surface area contributed by atoms with E-state index < -0.39 is 0 Å². The van der Waals surface area contributed by atoms with Crippen LogP contribution in [0.25, 0.3) is 0 Å². The van der Waals surface area contributed by atoms with E-state index in [9.17, 15) is 4.79 Å². The molecule has 2 aromatic rings. The molecule has 0 aliphatic rings. The van der Waals surface area contributed by atoms with Gasteiger partial charge in [-0.05, 0) is 53.0 Å². The summed E-state index contributed by atoms with van der Waals surface area (Å²) in [6, 6.07) is 9.81. The van der Waals surface area contributed by atoms with Gasteiger partial charge in [0.25, 0.3) is 5.91 Å². The predicted molar refractivity (Wildman–Crippen MR) is 80.7 cm³/mol. The second kappa shape index (κ2) is 5.24. The lowest BCUT2D eigenvalue weighted by molar-refractivity contribution is 0.0996. The van der Waals surface area contributed by atoms with Crippen molar-refractivity contribution in [2.75, 3.05) is 11.9 Å². The Hall–Kier alpha value is -1.13. The molecule has 0 aliphatic heterocycles. The largest absolute Gasteiger partial charge is 0.310 e. The number of para-hydroxylation sites is 1. The number of halogens is 1. The Morgan fingerprint density at radius 3 is 2.44 bits per heavy atom. The van der Waals surface area contributed by atoms with Gasteiger partial charge in [-0.2, -0.15) is 0 Å².